The first kappa shape index (κ1) is 25.2. The SMILES string of the molecule is CCOC(=O)C1=C(C)OC(N)=C(C#N)C1c1cccc(OCC(=O)Nc2ccc(OCC)cc2)c1. The van der Waals surface area contributed by atoms with Gasteiger partial charge in [0.2, 0.25) is 5.88 Å². The van der Waals surface area contributed by atoms with Crippen molar-refractivity contribution in [2.24, 2.45) is 5.73 Å². The smallest absolute Gasteiger partial charge is 0.338 e. The summed E-state index contributed by atoms with van der Waals surface area (Å²) in [6, 6.07) is 15.8. The zero-order chi connectivity index (χ0) is 25.4. The van der Waals surface area contributed by atoms with Gasteiger partial charge in [0.15, 0.2) is 6.61 Å². The quantitative estimate of drug-likeness (QED) is 0.522. The molecule has 1 aliphatic rings. The molecule has 3 rings (SSSR count). The van der Waals surface area contributed by atoms with Gasteiger partial charge in [-0.1, -0.05) is 12.1 Å². The van der Waals surface area contributed by atoms with E-state index < -0.39 is 11.9 Å². The standard InChI is InChI=1S/C26H27N3O6/c1-4-32-19-11-9-18(10-12-19)29-22(30)15-34-20-8-6-7-17(13-20)24-21(14-27)25(28)35-16(3)23(24)26(31)33-5-2/h6-13,24H,4-5,15,28H2,1-3H3,(H,29,30). The Hall–Kier alpha value is -4.45. The summed E-state index contributed by atoms with van der Waals surface area (Å²) in [6.07, 6.45) is 0. The Labute approximate surface area is 203 Å². The third kappa shape index (κ3) is 6.12. The van der Waals surface area contributed by atoms with E-state index in [1.165, 1.54) is 0 Å². The molecule has 0 bridgehead atoms. The van der Waals surface area contributed by atoms with Crippen LogP contribution in [0.5, 0.6) is 11.5 Å². The number of carbonyl (C=O) groups is 2. The van der Waals surface area contributed by atoms with E-state index in [0.29, 0.717) is 29.4 Å². The molecule has 0 fully saturated rings. The number of rotatable bonds is 9. The number of allylic oxidation sites excluding steroid dienone is 2. The number of nitrogens with zero attached hydrogens (tertiary/aromatic N) is 1. The van der Waals surface area contributed by atoms with Gasteiger partial charge in [-0.15, -0.1) is 0 Å². The molecule has 9 heteroatoms. The molecule has 0 spiro atoms. The zero-order valence-electron chi connectivity index (χ0n) is 19.8. The van der Waals surface area contributed by atoms with Crippen LogP contribution in [0.15, 0.2) is 71.3 Å². The molecule has 1 aliphatic heterocycles. The Balaban J connectivity index is 1.76. The summed E-state index contributed by atoms with van der Waals surface area (Å²) in [5.74, 6) is -0.479. The number of nitrogens with one attached hydrogen (secondary N) is 1. The highest BCUT2D eigenvalue weighted by Gasteiger charge is 2.36. The van der Waals surface area contributed by atoms with Crippen molar-refractivity contribution in [1.82, 2.24) is 0 Å². The minimum Gasteiger partial charge on any atom is -0.494 e. The minimum atomic E-state index is -0.797. The molecule has 3 N–H and O–H groups in total. The summed E-state index contributed by atoms with van der Waals surface area (Å²) in [5, 5.41) is 12.5. The number of nitrogens with two attached hydrogens (primary N) is 1. The van der Waals surface area contributed by atoms with Gasteiger partial charge >= 0.3 is 5.97 Å². The molecule has 0 saturated heterocycles. The molecular formula is C26H27N3O6. The van der Waals surface area contributed by atoms with Crippen LogP contribution >= 0.6 is 0 Å². The maximum atomic E-state index is 12.7. The average molecular weight is 478 g/mol. The summed E-state index contributed by atoms with van der Waals surface area (Å²) in [4.78, 5) is 25.0. The molecular weight excluding hydrogens is 450 g/mol. The van der Waals surface area contributed by atoms with Crippen LogP contribution in [0.3, 0.4) is 0 Å². The first-order valence-corrected chi connectivity index (χ1v) is 11.1. The lowest BCUT2D eigenvalue weighted by atomic mass is 9.83. The molecule has 1 atom stereocenters. The van der Waals surface area contributed by atoms with Crippen molar-refractivity contribution in [3.05, 3.63) is 76.9 Å². The number of esters is 1. The average Bonchev–Trinajstić information content (AvgIpc) is 2.84. The lowest BCUT2D eigenvalue weighted by Crippen LogP contribution is -2.25. The van der Waals surface area contributed by atoms with Gasteiger partial charge in [-0.05, 0) is 62.7 Å². The van der Waals surface area contributed by atoms with E-state index in [2.05, 4.69) is 5.32 Å². The normalized spacial score (nSPS) is 15.1. The summed E-state index contributed by atoms with van der Waals surface area (Å²) >= 11 is 0. The van der Waals surface area contributed by atoms with Crippen molar-refractivity contribution in [2.75, 3.05) is 25.1 Å². The number of amides is 1. The largest absolute Gasteiger partial charge is 0.494 e. The van der Waals surface area contributed by atoms with E-state index in [1.807, 2.05) is 13.0 Å². The number of hydrogen-bond acceptors (Lipinski definition) is 8. The number of anilines is 1. The maximum absolute atomic E-state index is 12.7. The van der Waals surface area contributed by atoms with Crippen molar-refractivity contribution in [3.8, 4) is 17.6 Å². The molecule has 182 valence electrons. The highest BCUT2D eigenvalue weighted by Crippen LogP contribution is 2.40. The first-order chi connectivity index (χ1) is 16.9. The molecule has 1 amide bonds. The summed E-state index contributed by atoms with van der Waals surface area (Å²) in [7, 11) is 0. The van der Waals surface area contributed by atoms with Gasteiger partial charge < -0.3 is 30.0 Å². The van der Waals surface area contributed by atoms with Crippen LogP contribution in [0, 0.1) is 11.3 Å². The predicted octanol–water partition coefficient (Wildman–Crippen LogP) is 3.75. The monoisotopic (exact) mass is 477 g/mol. The predicted molar refractivity (Wildman–Crippen MR) is 128 cm³/mol. The molecule has 0 aromatic heterocycles. The number of hydrogen-bond donors (Lipinski definition) is 2. The molecule has 2 aromatic carbocycles. The second kappa shape index (κ2) is 11.6. The fraction of sp³-hybridized carbons (Fsp3) is 0.269. The molecule has 1 heterocycles. The van der Waals surface area contributed by atoms with Crippen molar-refractivity contribution in [3.63, 3.8) is 0 Å². The van der Waals surface area contributed by atoms with E-state index in [0.717, 1.165) is 0 Å². The number of nitriles is 1. The second-order valence-electron chi connectivity index (χ2n) is 7.48. The number of carbonyl (C=O) groups excluding carboxylic acids is 2. The van der Waals surface area contributed by atoms with Crippen LogP contribution in [0.4, 0.5) is 5.69 Å². The van der Waals surface area contributed by atoms with Crippen LogP contribution in [-0.4, -0.2) is 31.7 Å². The van der Waals surface area contributed by atoms with E-state index >= 15 is 0 Å². The first-order valence-electron chi connectivity index (χ1n) is 11.1. The molecule has 35 heavy (non-hydrogen) atoms. The van der Waals surface area contributed by atoms with Crippen molar-refractivity contribution >= 4 is 17.6 Å². The van der Waals surface area contributed by atoms with Crippen LogP contribution in [-0.2, 0) is 19.1 Å². The van der Waals surface area contributed by atoms with E-state index in [-0.39, 0.29) is 41.9 Å². The third-order valence-electron chi connectivity index (χ3n) is 5.11. The van der Waals surface area contributed by atoms with Crippen molar-refractivity contribution < 1.29 is 28.5 Å². The molecule has 9 nitrogen and oxygen atoms in total. The van der Waals surface area contributed by atoms with Crippen molar-refractivity contribution in [1.29, 1.82) is 5.26 Å². The highest BCUT2D eigenvalue weighted by molar-refractivity contribution is 5.93. The van der Waals surface area contributed by atoms with Crippen LogP contribution in [0.1, 0.15) is 32.3 Å². The number of ether oxygens (including phenoxy) is 4. The molecule has 1 unspecified atom stereocenters. The van der Waals surface area contributed by atoms with Gasteiger partial charge in [-0.2, -0.15) is 5.26 Å². The van der Waals surface area contributed by atoms with Crippen molar-refractivity contribution in [2.45, 2.75) is 26.7 Å². The molecule has 0 aliphatic carbocycles. The van der Waals surface area contributed by atoms with Gasteiger partial charge in [0.25, 0.3) is 5.91 Å². The van der Waals surface area contributed by atoms with Crippen LogP contribution in [0.25, 0.3) is 0 Å². The van der Waals surface area contributed by atoms with Gasteiger partial charge in [0, 0.05) is 5.69 Å². The van der Waals surface area contributed by atoms with Gasteiger partial charge in [0.1, 0.15) is 28.9 Å². The third-order valence-corrected chi connectivity index (χ3v) is 5.11. The van der Waals surface area contributed by atoms with E-state index in [9.17, 15) is 14.9 Å². The Morgan fingerprint density at radius 2 is 1.83 bits per heavy atom. The second-order valence-corrected chi connectivity index (χ2v) is 7.48. The van der Waals surface area contributed by atoms with E-state index in [1.54, 1.807) is 62.4 Å². The lowest BCUT2D eigenvalue weighted by molar-refractivity contribution is -0.139. The summed E-state index contributed by atoms with van der Waals surface area (Å²) < 4.78 is 21.7. The Morgan fingerprint density at radius 3 is 2.49 bits per heavy atom. The highest BCUT2D eigenvalue weighted by atomic mass is 16.5. The van der Waals surface area contributed by atoms with E-state index in [4.69, 9.17) is 24.7 Å². The summed E-state index contributed by atoms with van der Waals surface area (Å²) in [5.41, 5.74) is 7.38. The zero-order valence-corrected chi connectivity index (χ0v) is 19.8. The number of benzene rings is 2. The van der Waals surface area contributed by atoms with Gasteiger partial charge in [-0.3, -0.25) is 4.79 Å². The van der Waals surface area contributed by atoms with Crippen LogP contribution in [0.2, 0.25) is 0 Å². The minimum absolute atomic E-state index is 0.0795. The maximum Gasteiger partial charge on any atom is 0.338 e. The Kier molecular flexibility index (Phi) is 8.35. The Bertz CT molecular complexity index is 1190. The lowest BCUT2D eigenvalue weighted by Gasteiger charge is -2.27. The van der Waals surface area contributed by atoms with Gasteiger partial charge in [-0.25, -0.2) is 4.79 Å². The van der Waals surface area contributed by atoms with Gasteiger partial charge in [0.05, 0.1) is 24.7 Å². The molecule has 0 saturated carbocycles. The summed E-state index contributed by atoms with van der Waals surface area (Å²) in [6.45, 7) is 5.65. The Morgan fingerprint density at radius 1 is 1.09 bits per heavy atom. The molecule has 0 radical (unpaired) electrons. The van der Waals surface area contributed by atoms with Crippen LogP contribution < -0.4 is 20.5 Å². The molecule has 2 aromatic rings. The fourth-order valence-electron chi connectivity index (χ4n) is 3.62. The fourth-order valence-corrected chi connectivity index (χ4v) is 3.62. The topological polar surface area (TPSA) is 133 Å².